The third-order valence-electron chi connectivity index (χ3n) is 2.78. The lowest BCUT2D eigenvalue weighted by molar-refractivity contribution is 0.0690. The minimum atomic E-state index is -1.06. The number of carbonyl (C=O) groups is 1. The Hall–Kier alpha value is -1.82. The largest absolute Gasteiger partial charge is 0.477 e. The Morgan fingerprint density at radius 1 is 1.56 bits per heavy atom. The predicted octanol–water partition coefficient (Wildman–Crippen LogP) is 1.11. The van der Waals surface area contributed by atoms with Crippen molar-refractivity contribution in [2.24, 2.45) is 0 Å². The first-order chi connectivity index (χ1) is 8.41. The summed E-state index contributed by atoms with van der Waals surface area (Å²) in [6.45, 7) is 5.71. The van der Waals surface area contributed by atoms with Crippen LogP contribution in [0.15, 0.2) is 12.1 Å². The van der Waals surface area contributed by atoms with Crippen LogP contribution in [0, 0.1) is 0 Å². The Bertz CT molecular complexity index is 421. The zero-order valence-electron chi connectivity index (χ0n) is 11.0. The quantitative estimate of drug-likeness (QED) is 0.702. The molecule has 0 amide bonds. The zero-order chi connectivity index (χ0) is 13.7. The monoisotopic (exact) mass is 252 g/mol. The standard InChI is InChI=1S/C12H20N4O2/c1-8(2)16(3)7-6-14-11-9(13)4-5-10(15-11)12(17)18/h4-5,8H,6-7,13H2,1-3H3,(H,14,15)(H,17,18). The molecule has 6 nitrogen and oxygen atoms in total. The summed E-state index contributed by atoms with van der Waals surface area (Å²) in [6.07, 6.45) is 0. The fourth-order valence-electron chi connectivity index (χ4n) is 1.34. The molecule has 0 atom stereocenters. The second kappa shape index (κ2) is 6.20. The number of rotatable bonds is 6. The number of anilines is 2. The lowest BCUT2D eigenvalue weighted by atomic mass is 10.3. The fraction of sp³-hybridized carbons (Fsp3) is 0.500. The van der Waals surface area contributed by atoms with Gasteiger partial charge in [0.15, 0.2) is 5.69 Å². The molecule has 1 aromatic heterocycles. The maximum Gasteiger partial charge on any atom is 0.354 e. The van der Waals surface area contributed by atoms with Gasteiger partial charge in [-0.15, -0.1) is 0 Å². The van der Waals surface area contributed by atoms with Crippen molar-refractivity contribution >= 4 is 17.5 Å². The van der Waals surface area contributed by atoms with Crippen molar-refractivity contribution in [3.8, 4) is 0 Å². The fourth-order valence-corrected chi connectivity index (χ4v) is 1.34. The molecule has 100 valence electrons. The third-order valence-corrected chi connectivity index (χ3v) is 2.78. The van der Waals surface area contributed by atoms with Crippen LogP contribution in [0.4, 0.5) is 11.5 Å². The van der Waals surface area contributed by atoms with Crippen LogP contribution in [-0.2, 0) is 0 Å². The van der Waals surface area contributed by atoms with E-state index in [2.05, 4.69) is 29.0 Å². The number of hydrogen-bond donors (Lipinski definition) is 3. The van der Waals surface area contributed by atoms with Crippen LogP contribution in [-0.4, -0.2) is 47.1 Å². The van der Waals surface area contributed by atoms with E-state index in [0.717, 1.165) is 6.54 Å². The van der Waals surface area contributed by atoms with Gasteiger partial charge in [-0.25, -0.2) is 9.78 Å². The van der Waals surface area contributed by atoms with Gasteiger partial charge in [-0.3, -0.25) is 0 Å². The van der Waals surface area contributed by atoms with E-state index >= 15 is 0 Å². The highest BCUT2D eigenvalue weighted by molar-refractivity contribution is 5.86. The Balaban J connectivity index is 2.61. The van der Waals surface area contributed by atoms with Crippen LogP contribution in [0.3, 0.4) is 0 Å². The van der Waals surface area contributed by atoms with Crippen molar-refractivity contribution in [2.45, 2.75) is 19.9 Å². The minimum absolute atomic E-state index is 0.0103. The molecule has 6 heteroatoms. The first-order valence-corrected chi connectivity index (χ1v) is 5.85. The van der Waals surface area contributed by atoms with Crippen molar-refractivity contribution < 1.29 is 9.90 Å². The molecular formula is C12H20N4O2. The molecule has 0 aliphatic heterocycles. The number of nitrogens with zero attached hydrogens (tertiary/aromatic N) is 2. The number of aromatic nitrogens is 1. The summed E-state index contributed by atoms with van der Waals surface area (Å²) < 4.78 is 0. The van der Waals surface area contributed by atoms with Gasteiger partial charge in [0.2, 0.25) is 0 Å². The molecule has 0 aromatic carbocycles. The Morgan fingerprint density at radius 3 is 2.78 bits per heavy atom. The Labute approximate surface area is 107 Å². The number of nitrogens with one attached hydrogen (secondary N) is 1. The smallest absolute Gasteiger partial charge is 0.354 e. The van der Waals surface area contributed by atoms with Crippen molar-refractivity contribution in [1.29, 1.82) is 0 Å². The predicted molar refractivity (Wildman–Crippen MR) is 71.9 cm³/mol. The molecule has 0 aliphatic rings. The van der Waals surface area contributed by atoms with Crippen LogP contribution in [0.5, 0.6) is 0 Å². The Kier molecular flexibility index (Phi) is 4.91. The molecule has 1 rings (SSSR count). The van der Waals surface area contributed by atoms with Gasteiger partial charge in [0.1, 0.15) is 5.82 Å². The highest BCUT2D eigenvalue weighted by Crippen LogP contribution is 2.15. The second-order valence-electron chi connectivity index (χ2n) is 4.44. The topological polar surface area (TPSA) is 91.5 Å². The lowest BCUT2D eigenvalue weighted by Crippen LogP contribution is -2.31. The number of hydrogen-bond acceptors (Lipinski definition) is 5. The average Bonchev–Trinajstić information content (AvgIpc) is 2.30. The lowest BCUT2D eigenvalue weighted by Gasteiger charge is -2.21. The van der Waals surface area contributed by atoms with E-state index in [1.807, 2.05) is 7.05 Å². The van der Waals surface area contributed by atoms with Gasteiger partial charge in [-0.1, -0.05) is 0 Å². The number of nitrogens with two attached hydrogens (primary N) is 1. The highest BCUT2D eigenvalue weighted by atomic mass is 16.4. The van der Waals surface area contributed by atoms with Crippen molar-refractivity contribution in [2.75, 3.05) is 31.2 Å². The number of aromatic carboxylic acids is 1. The molecular weight excluding hydrogens is 232 g/mol. The van der Waals surface area contributed by atoms with Crippen LogP contribution >= 0.6 is 0 Å². The number of pyridine rings is 1. The van der Waals surface area contributed by atoms with Crippen molar-refractivity contribution in [1.82, 2.24) is 9.88 Å². The molecule has 18 heavy (non-hydrogen) atoms. The summed E-state index contributed by atoms with van der Waals surface area (Å²) in [7, 11) is 2.02. The van der Waals surface area contributed by atoms with E-state index in [0.29, 0.717) is 24.1 Å². The van der Waals surface area contributed by atoms with Gasteiger partial charge in [0, 0.05) is 19.1 Å². The first-order valence-electron chi connectivity index (χ1n) is 5.85. The summed E-state index contributed by atoms with van der Waals surface area (Å²) in [5.74, 6) is -0.635. The first kappa shape index (κ1) is 14.2. The number of carboxylic acids is 1. The van der Waals surface area contributed by atoms with Crippen LogP contribution < -0.4 is 11.1 Å². The van der Waals surface area contributed by atoms with Crippen LogP contribution in [0.2, 0.25) is 0 Å². The van der Waals surface area contributed by atoms with E-state index < -0.39 is 5.97 Å². The maximum absolute atomic E-state index is 10.8. The summed E-state index contributed by atoms with van der Waals surface area (Å²) in [6, 6.07) is 3.40. The van der Waals surface area contributed by atoms with Gasteiger partial charge in [0.05, 0.1) is 5.69 Å². The number of carboxylic acid groups (broad SMARTS) is 1. The molecule has 1 heterocycles. The van der Waals surface area contributed by atoms with Gasteiger partial charge in [-0.2, -0.15) is 0 Å². The SMILES string of the molecule is CC(C)N(C)CCNc1nc(C(=O)O)ccc1N. The molecule has 0 saturated carbocycles. The summed E-state index contributed by atoms with van der Waals surface area (Å²) >= 11 is 0. The summed E-state index contributed by atoms with van der Waals surface area (Å²) in [5.41, 5.74) is 6.18. The summed E-state index contributed by atoms with van der Waals surface area (Å²) in [5, 5.41) is 11.9. The van der Waals surface area contributed by atoms with E-state index in [9.17, 15) is 4.79 Å². The molecule has 0 unspecified atom stereocenters. The average molecular weight is 252 g/mol. The van der Waals surface area contributed by atoms with E-state index in [4.69, 9.17) is 10.8 Å². The van der Waals surface area contributed by atoms with Crippen molar-refractivity contribution in [3.63, 3.8) is 0 Å². The van der Waals surface area contributed by atoms with E-state index in [1.165, 1.54) is 6.07 Å². The normalized spacial score (nSPS) is 10.9. The summed E-state index contributed by atoms with van der Waals surface area (Å²) in [4.78, 5) is 16.9. The highest BCUT2D eigenvalue weighted by Gasteiger charge is 2.09. The van der Waals surface area contributed by atoms with E-state index in [-0.39, 0.29) is 5.69 Å². The number of likely N-dealkylation sites (N-methyl/N-ethyl adjacent to an activating group) is 1. The Morgan fingerprint density at radius 2 is 2.22 bits per heavy atom. The zero-order valence-corrected chi connectivity index (χ0v) is 11.0. The maximum atomic E-state index is 10.8. The molecule has 0 radical (unpaired) electrons. The van der Waals surface area contributed by atoms with E-state index in [1.54, 1.807) is 6.07 Å². The van der Waals surface area contributed by atoms with Crippen LogP contribution in [0.25, 0.3) is 0 Å². The molecule has 0 fully saturated rings. The molecule has 1 aromatic rings. The van der Waals surface area contributed by atoms with Gasteiger partial charge < -0.3 is 21.1 Å². The van der Waals surface area contributed by atoms with Gasteiger partial charge >= 0.3 is 5.97 Å². The molecule has 0 spiro atoms. The molecule has 0 saturated heterocycles. The van der Waals surface area contributed by atoms with Crippen molar-refractivity contribution in [3.05, 3.63) is 17.8 Å². The minimum Gasteiger partial charge on any atom is -0.477 e. The van der Waals surface area contributed by atoms with Crippen LogP contribution in [0.1, 0.15) is 24.3 Å². The second-order valence-corrected chi connectivity index (χ2v) is 4.44. The molecule has 0 aliphatic carbocycles. The van der Waals surface area contributed by atoms with Gasteiger partial charge in [0.25, 0.3) is 0 Å². The number of nitrogen functional groups attached to an aromatic ring is 1. The molecule has 0 bridgehead atoms. The molecule has 4 N–H and O–H groups in total. The van der Waals surface area contributed by atoms with Gasteiger partial charge in [-0.05, 0) is 33.0 Å². The third kappa shape index (κ3) is 3.89.